The number of benzene rings is 2. The van der Waals surface area contributed by atoms with Crippen LogP contribution in [0, 0.1) is 0 Å². The van der Waals surface area contributed by atoms with Gasteiger partial charge in [-0.3, -0.25) is 0 Å². The summed E-state index contributed by atoms with van der Waals surface area (Å²) >= 11 is 0. The van der Waals surface area contributed by atoms with Gasteiger partial charge in [-0.15, -0.1) is 0 Å². The number of unbranched alkanes of at least 4 members (excludes halogenated alkanes) is 4. The first-order valence-electron chi connectivity index (χ1n) is 14.2. The van der Waals surface area contributed by atoms with Gasteiger partial charge in [-0.1, -0.05) is 74.1 Å². The molecule has 2 aromatic carbocycles. The van der Waals surface area contributed by atoms with Crippen molar-refractivity contribution < 1.29 is 4.79 Å². The number of urea groups is 1. The second-order valence-corrected chi connectivity index (χ2v) is 10.6. The molecule has 0 saturated carbocycles. The average molecular weight is 519 g/mol. The van der Waals surface area contributed by atoms with Crippen molar-refractivity contribution in [3.63, 3.8) is 0 Å². The molecule has 0 unspecified atom stereocenters. The molecule has 0 aromatic heterocycles. The first kappa shape index (κ1) is 31.0. The highest BCUT2D eigenvalue weighted by molar-refractivity contribution is 5.90. The molecule has 0 atom stereocenters. The number of para-hydroxylation sites is 1. The van der Waals surface area contributed by atoms with E-state index in [4.69, 9.17) is 0 Å². The van der Waals surface area contributed by atoms with Crippen molar-refractivity contribution in [3.05, 3.63) is 77.4 Å². The first-order chi connectivity index (χ1) is 18.3. The Morgan fingerprint density at radius 1 is 0.868 bits per heavy atom. The zero-order chi connectivity index (χ0) is 27.8. The van der Waals surface area contributed by atoms with Gasteiger partial charge in [0.2, 0.25) is 0 Å². The number of anilines is 3. The maximum Gasteiger partial charge on any atom is 0.319 e. The van der Waals surface area contributed by atoms with Crippen LogP contribution < -0.4 is 20.4 Å². The molecule has 0 aliphatic heterocycles. The molecule has 38 heavy (non-hydrogen) atoms. The van der Waals surface area contributed by atoms with Crippen LogP contribution in [-0.4, -0.2) is 33.2 Å². The quantitative estimate of drug-likeness (QED) is 0.173. The lowest BCUT2D eigenvalue weighted by atomic mass is 10.1. The highest BCUT2D eigenvalue weighted by atomic mass is 16.2. The molecule has 2 N–H and O–H groups in total. The van der Waals surface area contributed by atoms with E-state index in [1.165, 1.54) is 36.1 Å². The molecule has 0 heterocycles. The van der Waals surface area contributed by atoms with Crippen LogP contribution >= 0.6 is 0 Å². The number of allylic oxidation sites excluding steroid dienone is 3. The number of carbonyl (C=O) groups excluding carboxylic acids is 1. The summed E-state index contributed by atoms with van der Waals surface area (Å²) in [5.74, 6) is 0. The molecule has 208 valence electrons. The Morgan fingerprint density at radius 2 is 1.55 bits per heavy atom. The minimum absolute atomic E-state index is 0.134. The van der Waals surface area contributed by atoms with Crippen LogP contribution in [0.4, 0.5) is 21.9 Å². The second-order valence-electron chi connectivity index (χ2n) is 10.6. The fourth-order valence-electron chi connectivity index (χ4n) is 4.26. The molecule has 0 fully saturated rings. The molecule has 0 aliphatic rings. The summed E-state index contributed by atoms with van der Waals surface area (Å²) in [6.45, 7) is 10.9. The van der Waals surface area contributed by atoms with Gasteiger partial charge in [-0.25, -0.2) is 4.79 Å². The Labute approximate surface area is 232 Å². The minimum atomic E-state index is -0.134. The number of amides is 2. The molecular formula is C33H50N4O. The topological polar surface area (TPSA) is 47.6 Å². The van der Waals surface area contributed by atoms with E-state index in [0.717, 1.165) is 49.2 Å². The summed E-state index contributed by atoms with van der Waals surface area (Å²) in [5, 5.41) is 6.11. The van der Waals surface area contributed by atoms with E-state index in [2.05, 4.69) is 105 Å². The van der Waals surface area contributed by atoms with Crippen molar-refractivity contribution in [3.8, 4) is 0 Å². The van der Waals surface area contributed by atoms with Gasteiger partial charge in [-0.05, 0) is 75.9 Å². The van der Waals surface area contributed by atoms with Crippen LogP contribution in [0.25, 0.3) is 0 Å². The van der Waals surface area contributed by atoms with E-state index in [1.807, 2.05) is 18.2 Å². The fourth-order valence-corrected chi connectivity index (χ4v) is 4.26. The van der Waals surface area contributed by atoms with Gasteiger partial charge in [-0.2, -0.15) is 0 Å². The summed E-state index contributed by atoms with van der Waals surface area (Å²) in [7, 11) is 4.12. The number of hydrogen-bond donors (Lipinski definition) is 2. The van der Waals surface area contributed by atoms with E-state index in [9.17, 15) is 4.79 Å². The number of carbonyl (C=O) groups is 1. The summed E-state index contributed by atoms with van der Waals surface area (Å²) in [4.78, 5) is 17.1. The smallest absolute Gasteiger partial charge is 0.319 e. The molecular weight excluding hydrogens is 468 g/mol. The van der Waals surface area contributed by atoms with E-state index in [1.54, 1.807) is 0 Å². The zero-order valence-corrected chi connectivity index (χ0v) is 24.6. The third kappa shape index (κ3) is 11.9. The van der Waals surface area contributed by atoms with E-state index in [-0.39, 0.29) is 6.03 Å². The van der Waals surface area contributed by atoms with Crippen molar-refractivity contribution in [2.24, 2.45) is 0 Å². The summed E-state index contributed by atoms with van der Waals surface area (Å²) < 4.78 is 0. The van der Waals surface area contributed by atoms with Gasteiger partial charge in [0.15, 0.2) is 0 Å². The number of nitrogens with zero attached hydrogens (tertiary/aromatic N) is 2. The van der Waals surface area contributed by atoms with E-state index in [0.29, 0.717) is 13.1 Å². The second kappa shape index (κ2) is 17.3. The van der Waals surface area contributed by atoms with Crippen molar-refractivity contribution in [2.75, 3.05) is 42.3 Å². The van der Waals surface area contributed by atoms with Crippen LogP contribution in [0.1, 0.15) is 78.2 Å². The lowest BCUT2D eigenvalue weighted by Gasteiger charge is -2.26. The van der Waals surface area contributed by atoms with Crippen molar-refractivity contribution >= 4 is 23.1 Å². The van der Waals surface area contributed by atoms with Crippen LogP contribution in [-0.2, 0) is 6.54 Å². The predicted octanol–water partition coefficient (Wildman–Crippen LogP) is 8.54. The largest absolute Gasteiger partial charge is 0.378 e. The zero-order valence-electron chi connectivity index (χ0n) is 24.6. The van der Waals surface area contributed by atoms with Gasteiger partial charge in [0.25, 0.3) is 0 Å². The molecule has 5 nitrogen and oxygen atoms in total. The van der Waals surface area contributed by atoms with Gasteiger partial charge >= 0.3 is 6.03 Å². The number of hydrogen-bond acceptors (Lipinski definition) is 3. The molecule has 2 aromatic rings. The minimum Gasteiger partial charge on any atom is -0.378 e. The maximum atomic E-state index is 12.6. The lowest BCUT2D eigenvalue weighted by Crippen LogP contribution is -2.30. The average Bonchev–Trinajstić information content (AvgIpc) is 2.89. The summed E-state index contributed by atoms with van der Waals surface area (Å²) in [6, 6.07) is 16.7. The molecule has 0 spiro atoms. The fraction of sp³-hybridized carbons (Fsp3) is 0.485. The Hall–Kier alpha value is -3.21. The Morgan fingerprint density at radius 3 is 2.24 bits per heavy atom. The third-order valence-electron chi connectivity index (χ3n) is 6.68. The summed E-state index contributed by atoms with van der Waals surface area (Å²) in [5.41, 5.74) is 7.05. The number of rotatable bonds is 16. The first-order valence-corrected chi connectivity index (χ1v) is 14.2. The maximum absolute atomic E-state index is 12.6. The van der Waals surface area contributed by atoms with Gasteiger partial charge in [0, 0.05) is 50.8 Å². The highest BCUT2D eigenvalue weighted by Crippen LogP contribution is 2.25. The third-order valence-corrected chi connectivity index (χ3v) is 6.68. The Kier molecular flexibility index (Phi) is 14.1. The van der Waals surface area contributed by atoms with Crippen LogP contribution in [0.3, 0.4) is 0 Å². The molecule has 0 radical (unpaired) electrons. The highest BCUT2D eigenvalue weighted by Gasteiger charge is 2.12. The standard InChI is InChI=1S/C33H50N4O/c1-7-8-9-10-13-24-34-33(38)35-32-18-12-11-17-29(32)26-37(25-23-28(4)16-14-15-27(2)3)31-21-19-30(20-22-31)36(5)6/h11-12,15,17-23H,7-10,13-14,16,24-26H2,1-6H3,(H2,34,35,38)/b28-23+. The van der Waals surface area contributed by atoms with Crippen molar-refractivity contribution in [1.29, 1.82) is 0 Å². The van der Waals surface area contributed by atoms with Gasteiger partial charge in [0.1, 0.15) is 0 Å². The van der Waals surface area contributed by atoms with Gasteiger partial charge in [0.05, 0.1) is 0 Å². The lowest BCUT2D eigenvalue weighted by molar-refractivity contribution is 0.252. The molecule has 0 bridgehead atoms. The monoisotopic (exact) mass is 518 g/mol. The van der Waals surface area contributed by atoms with Crippen LogP contribution in [0.15, 0.2) is 71.8 Å². The normalized spacial score (nSPS) is 11.2. The van der Waals surface area contributed by atoms with Gasteiger partial charge < -0.3 is 20.4 Å². The van der Waals surface area contributed by atoms with E-state index < -0.39 is 0 Å². The summed E-state index contributed by atoms with van der Waals surface area (Å²) in [6.07, 6.45) is 12.7. The van der Waals surface area contributed by atoms with Crippen molar-refractivity contribution in [2.45, 2.75) is 79.2 Å². The number of nitrogens with one attached hydrogen (secondary N) is 2. The Balaban J connectivity index is 2.13. The molecule has 0 aliphatic carbocycles. The molecule has 2 rings (SSSR count). The van der Waals surface area contributed by atoms with Crippen LogP contribution in [0.5, 0.6) is 0 Å². The molecule has 5 heteroatoms. The predicted molar refractivity (Wildman–Crippen MR) is 166 cm³/mol. The Bertz CT molecular complexity index is 1020. The van der Waals surface area contributed by atoms with E-state index >= 15 is 0 Å². The molecule has 0 saturated heterocycles. The SMILES string of the molecule is CCCCCCCNC(=O)Nc1ccccc1CN(C/C=C(\C)CCC=C(C)C)c1ccc(N(C)C)cc1. The van der Waals surface area contributed by atoms with Crippen LogP contribution in [0.2, 0.25) is 0 Å². The molecule has 2 amide bonds. The van der Waals surface area contributed by atoms with Crippen molar-refractivity contribution in [1.82, 2.24) is 5.32 Å².